The summed E-state index contributed by atoms with van der Waals surface area (Å²) in [4.78, 5) is 40.3. The van der Waals surface area contributed by atoms with Gasteiger partial charge in [0.2, 0.25) is 11.8 Å². The lowest BCUT2D eigenvalue weighted by atomic mass is 10.0. The molecule has 1 aliphatic heterocycles. The third-order valence-corrected chi connectivity index (χ3v) is 6.09. The molecule has 2 N–H and O–H groups in total. The molecule has 6 nitrogen and oxygen atoms in total. The molecule has 1 atom stereocenters. The molecular weight excluding hydrogens is 473 g/mol. The van der Waals surface area contributed by atoms with Gasteiger partial charge in [-0.3, -0.25) is 19.3 Å². The Bertz CT molecular complexity index is 1290. The maximum Gasteiger partial charge on any atom is 0.251 e. The Morgan fingerprint density at radius 3 is 2.50 bits per heavy atom. The number of nitrogens with one attached hydrogen (secondary N) is 2. The van der Waals surface area contributed by atoms with E-state index in [4.69, 9.17) is 23.2 Å². The number of aryl methyl sites for hydroxylation is 1. The average Bonchev–Trinajstić information content (AvgIpc) is 2.81. The first-order chi connectivity index (χ1) is 16.3. The Labute approximate surface area is 207 Å². The molecule has 0 saturated heterocycles. The molecular formula is C26H21Cl2N3O3. The van der Waals surface area contributed by atoms with E-state index in [0.717, 1.165) is 11.1 Å². The highest BCUT2D eigenvalue weighted by Crippen LogP contribution is 2.33. The molecule has 0 saturated carbocycles. The summed E-state index contributed by atoms with van der Waals surface area (Å²) in [7, 11) is 0. The third-order valence-electron chi connectivity index (χ3n) is 5.35. The van der Waals surface area contributed by atoms with Crippen molar-refractivity contribution in [2.45, 2.75) is 19.4 Å². The molecule has 1 heterocycles. The van der Waals surface area contributed by atoms with E-state index < -0.39 is 23.8 Å². The number of carbonyl (C=O) groups is 3. The lowest BCUT2D eigenvalue weighted by molar-refractivity contribution is -0.124. The fourth-order valence-corrected chi connectivity index (χ4v) is 3.93. The Kier molecular flexibility index (Phi) is 7.01. The second-order valence-electron chi connectivity index (χ2n) is 7.86. The number of para-hydroxylation sites is 2. The fourth-order valence-electron chi connectivity index (χ4n) is 3.63. The van der Waals surface area contributed by atoms with Crippen LogP contribution in [0.2, 0.25) is 10.0 Å². The van der Waals surface area contributed by atoms with E-state index in [0.29, 0.717) is 27.1 Å². The van der Waals surface area contributed by atoms with Gasteiger partial charge in [0.15, 0.2) is 0 Å². The molecule has 3 amide bonds. The number of hydrogen-bond acceptors (Lipinski definition) is 3. The van der Waals surface area contributed by atoms with Gasteiger partial charge < -0.3 is 10.6 Å². The van der Waals surface area contributed by atoms with Gasteiger partial charge in [-0.2, -0.15) is 0 Å². The molecule has 0 bridgehead atoms. The molecule has 1 aliphatic rings. The minimum absolute atomic E-state index is 0.246. The number of benzene rings is 3. The van der Waals surface area contributed by atoms with Crippen molar-refractivity contribution in [1.29, 1.82) is 0 Å². The van der Waals surface area contributed by atoms with Gasteiger partial charge in [0.1, 0.15) is 6.04 Å². The van der Waals surface area contributed by atoms with Gasteiger partial charge in [-0.15, -0.1) is 0 Å². The maximum atomic E-state index is 13.3. The summed E-state index contributed by atoms with van der Waals surface area (Å²) >= 11 is 11.9. The molecule has 0 aliphatic carbocycles. The molecule has 3 aromatic carbocycles. The minimum Gasteiger partial charge on any atom is -0.326 e. The van der Waals surface area contributed by atoms with Gasteiger partial charge in [-0.25, -0.2) is 0 Å². The Morgan fingerprint density at radius 1 is 1.03 bits per heavy atom. The summed E-state index contributed by atoms with van der Waals surface area (Å²) in [5.74, 6) is -1.30. The number of nitrogens with zero attached hydrogens (tertiary/aromatic N) is 1. The van der Waals surface area contributed by atoms with Crippen LogP contribution in [0, 0.1) is 6.92 Å². The largest absolute Gasteiger partial charge is 0.326 e. The van der Waals surface area contributed by atoms with Crippen molar-refractivity contribution in [2.24, 2.45) is 0 Å². The van der Waals surface area contributed by atoms with E-state index >= 15 is 0 Å². The first kappa shape index (κ1) is 23.5. The van der Waals surface area contributed by atoms with E-state index in [-0.39, 0.29) is 6.42 Å². The number of anilines is 3. The van der Waals surface area contributed by atoms with Crippen LogP contribution in [0.3, 0.4) is 0 Å². The SMILES string of the molecule is Cc1ccc(/C=C/C(=O)N2c3ccccc3NC(=O)[C@H]2CC(=O)Nc2ccc(Cl)c(Cl)c2)cc1. The van der Waals surface area contributed by atoms with Crippen molar-refractivity contribution >= 4 is 64.1 Å². The molecule has 172 valence electrons. The number of fused-ring (bicyclic) bond motifs is 1. The van der Waals surface area contributed by atoms with Crippen LogP contribution in [0.5, 0.6) is 0 Å². The van der Waals surface area contributed by atoms with Gasteiger partial charge in [0, 0.05) is 11.8 Å². The zero-order valence-corrected chi connectivity index (χ0v) is 19.7. The van der Waals surface area contributed by atoms with Crippen LogP contribution in [0.4, 0.5) is 17.1 Å². The van der Waals surface area contributed by atoms with Crippen LogP contribution in [0.1, 0.15) is 17.5 Å². The normalized spacial score (nSPS) is 15.1. The monoisotopic (exact) mass is 493 g/mol. The van der Waals surface area contributed by atoms with Gasteiger partial charge in [-0.1, -0.05) is 65.2 Å². The zero-order valence-electron chi connectivity index (χ0n) is 18.2. The zero-order chi connectivity index (χ0) is 24.2. The third kappa shape index (κ3) is 5.30. The second kappa shape index (κ2) is 10.1. The summed E-state index contributed by atoms with van der Waals surface area (Å²) in [6.07, 6.45) is 2.85. The quantitative estimate of drug-likeness (QED) is 0.447. The van der Waals surface area contributed by atoms with Crippen molar-refractivity contribution in [3.05, 3.63) is 94.0 Å². The van der Waals surface area contributed by atoms with E-state index in [1.54, 1.807) is 42.5 Å². The smallest absolute Gasteiger partial charge is 0.251 e. The van der Waals surface area contributed by atoms with E-state index in [9.17, 15) is 14.4 Å². The molecule has 0 radical (unpaired) electrons. The molecule has 0 spiro atoms. The molecule has 34 heavy (non-hydrogen) atoms. The predicted molar refractivity (Wildman–Crippen MR) is 136 cm³/mol. The maximum absolute atomic E-state index is 13.3. The summed E-state index contributed by atoms with van der Waals surface area (Å²) < 4.78 is 0. The van der Waals surface area contributed by atoms with Crippen LogP contribution in [0.25, 0.3) is 6.08 Å². The summed E-state index contributed by atoms with van der Waals surface area (Å²) in [6.45, 7) is 1.98. The molecule has 4 rings (SSSR count). The standard InChI is InChI=1S/C26H21Cl2N3O3/c1-16-6-8-17(9-7-16)10-13-25(33)31-22-5-3-2-4-21(22)30-26(34)23(31)15-24(32)29-18-11-12-19(27)20(28)14-18/h2-14,23H,15H2,1H3,(H,29,32)(H,30,34)/b13-10+/t23-/m1/s1. The number of amides is 3. The Balaban J connectivity index is 1.59. The highest BCUT2D eigenvalue weighted by Gasteiger charge is 2.37. The van der Waals surface area contributed by atoms with Crippen LogP contribution < -0.4 is 15.5 Å². The molecule has 3 aromatic rings. The van der Waals surface area contributed by atoms with Gasteiger partial charge >= 0.3 is 0 Å². The molecule has 0 fully saturated rings. The van der Waals surface area contributed by atoms with Crippen LogP contribution >= 0.6 is 23.2 Å². The van der Waals surface area contributed by atoms with Gasteiger partial charge in [0.05, 0.1) is 27.8 Å². The van der Waals surface area contributed by atoms with Crippen molar-refractivity contribution in [1.82, 2.24) is 0 Å². The van der Waals surface area contributed by atoms with Gasteiger partial charge in [-0.05, 0) is 48.9 Å². The second-order valence-corrected chi connectivity index (χ2v) is 8.67. The van der Waals surface area contributed by atoms with E-state index in [1.165, 1.54) is 17.0 Å². The highest BCUT2D eigenvalue weighted by molar-refractivity contribution is 6.42. The minimum atomic E-state index is -1.03. The first-order valence-electron chi connectivity index (χ1n) is 10.5. The van der Waals surface area contributed by atoms with E-state index in [2.05, 4.69) is 10.6 Å². The fraction of sp³-hybridized carbons (Fsp3) is 0.115. The van der Waals surface area contributed by atoms with Crippen molar-refractivity contribution in [3.63, 3.8) is 0 Å². The van der Waals surface area contributed by atoms with Crippen LogP contribution in [-0.4, -0.2) is 23.8 Å². The summed E-state index contributed by atoms with van der Waals surface area (Å²) in [5, 5.41) is 6.15. The average molecular weight is 494 g/mol. The topological polar surface area (TPSA) is 78.5 Å². The summed E-state index contributed by atoms with van der Waals surface area (Å²) in [6, 6.07) is 18.3. The van der Waals surface area contributed by atoms with Crippen molar-refractivity contribution < 1.29 is 14.4 Å². The lowest BCUT2D eigenvalue weighted by Crippen LogP contribution is -2.52. The Morgan fingerprint density at radius 2 is 1.76 bits per heavy atom. The van der Waals surface area contributed by atoms with Crippen molar-refractivity contribution in [2.75, 3.05) is 15.5 Å². The first-order valence-corrected chi connectivity index (χ1v) is 11.3. The Hall–Kier alpha value is -3.61. The van der Waals surface area contributed by atoms with Crippen LogP contribution in [0.15, 0.2) is 72.8 Å². The predicted octanol–water partition coefficient (Wildman–Crippen LogP) is 5.70. The number of halogens is 2. The molecule has 8 heteroatoms. The van der Waals surface area contributed by atoms with E-state index in [1.807, 2.05) is 31.2 Å². The van der Waals surface area contributed by atoms with Crippen molar-refractivity contribution in [3.8, 4) is 0 Å². The summed E-state index contributed by atoms with van der Waals surface area (Å²) in [5.41, 5.74) is 3.42. The number of rotatable bonds is 5. The number of carbonyl (C=O) groups excluding carboxylic acids is 3. The highest BCUT2D eigenvalue weighted by atomic mass is 35.5. The molecule has 0 unspecified atom stereocenters. The van der Waals surface area contributed by atoms with Gasteiger partial charge in [0.25, 0.3) is 5.91 Å². The van der Waals surface area contributed by atoms with Crippen LogP contribution in [-0.2, 0) is 14.4 Å². The lowest BCUT2D eigenvalue weighted by Gasteiger charge is -2.35. The molecule has 0 aromatic heterocycles. The number of hydrogen-bond donors (Lipinski definition) is 2.